The first kappa shape index (κ1) is 10.7. The van der Waals surface area contributed by atoms with Crippen LogP contribution in [-0.4, -0.2) is 30.8 Å². The van der Waals surface area contributed by atoms with E-state index in [1.165, 1.54) is 12.8 Å². The van der Waals surface area contributed by atoms with E-state index in [-0.39, 0.29) is 5.92 Å². The van der Waals surface area contributed by atoms with Crippen LogP contribution >= 0.6 is 0 Å². The van der Waals surface area contributed by atoms with Gasteiger partial charge in [0.2, 0.25) is 0 Å². The van der Waals surface area contributed by atoms with Gasteiger partial charge in [-0.15, -0.1) is 0 Å². The molecule has 1 heterocycles. The van der Waals surface area contributed by atoms with Crippen molar-refractivity contribution in [2.45, 2.75) is 33.6 Å². The van der Waals surface area contributed by atoms with Crippen molar-refractivity contribution >= 4 is 6.29 Å². The van der Waals surface area contributed by atoms with Crippen LogP contribution in [0.2, 0.25) is 0 Å². The van der Waals surface area contributed by atoms with E-state index in [2.05, 4.69) is 18.7 Å². The Balaban J connectivity index is 2.29. The van der Waals surface area contributed by atoms with Crippen LogP contribution in [-0.2, 0) is 4.79 Å². The molecule has 76 valence electrons. The Morgan fingerprint density at radius 1 is 1.38 bits per heavy atom. The van der Waals surface area contributed by atoms with Crippen molar-refractivity contribution in [2.75, 3.05) is 19.6 Å². The van der Waals surface area contributed by atoms with E-state index < -0.39 is 0 Å². The Morgan fingerprint density at radius 3 is 2.38 bits per heavy atom. The van der Waals surface area contributed by atoms with Crippen LogP contribution in [0.25, 0.3) is 0 Å². The average Bonchev–Trinajstić information content (AvgIpc) is 2.08. The third-order valence-electron chi connectivity index (χ3n) is 2.99. The lowest BCUT2D eigenvalue weighted by Crippen LogP contribution is -2.39. The van der Waals surface area contributed by atoms with Gasteiger partial charge in [0, 0.05) is 12.5 Å². The summed E-state index contributed by atoms with van der Waals surface area (Å²) in [4.78, 5) is 12.9. The second kappa shape index (κ2) is 4.23. The Morgan fingerprint density at radius 2 is 1.92 bits per heavy atom. The van der Waals surface area contributed by atoms with E-state index >= 15 is 0 Å². The summed E-state index contributed by atoms with van der Waals surface area (Å²) in [6.07, 6.45) is 3.58. The Bertz CT molecular complexity index is 167. The van der Waals surface area contributed by atoms with Crippen LogP contribution in [0.5, 0.6) is 0 Å². The Labute approximate surface area is 81.3 Å². The van der Waals surface area contributed by atoms with Crippen molar-refractivity contribution in [1.29, 1.82) is 0 Å². The molecule has 0 spiro atoms. The van der Waals surface area contributed by atoms with Crippen LogP contribution in [0.15, 0.2) is 0 Å². The molecule has 0 aliphatic carbocycles. The van der Waals surface area contributed by atoms with Gasteiger partial charge in [0.05, 0.1) is 0 Å². The van der Waals surface area contributed by atoms with Crippen LogP contribution in [0, 0.1) is 11.3 Å². The summed E-state index contributed by atoms with van der Waals surface area (Å²) in [6.45, 7) is 9.91. The van der Waals surface area contributed by atoms with Crippen molar-refractivity contribution in [3.63, 3.8) is 0 Å². The fourth-order valence-electron chi connectivity index (χ4n) is 1.79. The summed E-state index contributed by atoms with van der Waals surface area (Å²) < 4.78 is 0. The molecule has 0 radical (unpaired) electrons. The Hall–Kier alpha value is -0.370. The van der Waals surface area contributed by atoms with Gasteiger partial charge in [-0.2, -0.15) is 0 Å². The predicted molar refractivity (Wildman–Crippen MR) is 54.7 cm³/mol. The van der Waals surface area contributed by atoms with Gasteiger partial charge in [-0.25, -0.2) is 0 Å². The number of carbonyl (C=O) groups is 1. The third-order valence-corrected chi connectivity index (χ3v) is 2.99. The SMILES string of the molecule is CC(C=O)CN1CCC(C)(C)CC1. The van der Waals surface area contributed by atoms with E-state index in [9.17, 15) is 4.79 Å². The van der Waals surface area contributed by atoms with Gasteiger partial charge in [0.1, 0.15) is 6.29 Å². The lowest BCUT2D eigenvalue weighted by atomic mass is 9.82. The molecule has 0 saturated carbocycles. The normalized spacial score (nSPS) is 25.5. The molecule has 0 amide bonds. The molecule has 1 rings (SSSR count). The fraction of sp³-hybridized carbons (Fsp3) is 0.909. The van der Waals surface area contributed by atoms with Crippen LogP contribution in [0.3, 0.4) is 0 Å². The topological polar surface area (TPSA) is 20.3 Å². The molecule has 13 heavy (non-hydrogen) atoms. The quantitative estimate of drug-likeness (QED) is 0.623. The molecule has 1 aliphatic heterocycles. The molecule has 2 nitrogen and oxygen atoms in total. The van der Waals surface area contributed by atoms with Crippen LogP contribution in [0.4, 0.5) is 0 Å². The summed E-state index contributed by atoms with van der Waals surface area (Å²) in [5, 5.41) is 0. The number of rotatable bonds is 3. The molecule has 2 heteroatoms. The average molecular weight is 183 g/mol. The molecule has 1 aliphatic rings. The molecule has 0 bridgehead atoms. The molecule has 0 aromatic heterocycles. The number of hydrogen-bond acceptors (Lipinski definition) is 2. The summed E-state index contributed by atoms with van der Waals surface area (Å²) in [6, 6.07) is 0. The maximum atomic E-state index is 10.5. The number of carbonyl (C=O) groups excluding carboxylic acids is 1. The minimum absolute atomic E-state index is 0.196. The van der Waals surface area contributed by atoms with Gasteiger partial charge in [-0.3, -0.25) is 0 Å². The fourth-order valence-corrected chi connectivity index (χ4v) is 1.79. The second-order valence-corrected chi connectivity index (χ2v) is 5.08. The molecule has 0 aromatic carbocycles. The van der Waals surface area contributed by atoms with Crippen molar-refractivity contribution in [2.24, 2.45) is 11.3 Å². The number of aldehydes is 1. The minimum atomic E-state index is 0.196. The minimum Gasteiger partial charge on any atom is -0.303 e. The maximum Gasteiger partial charge on any atom is 0.124 e. The van der Waals surface area contributed by atoms with E-state index in [1.54, 1.807) is 0 Å². The lowest BCUT2D eigenvalue weighted by molar-refractivity contribution is -0.111. The number of nitrogens with zero attached hydrogens (tertiary/aromatic N) is 1. The van der Waals surface area contributed by atoms with Crippen molar-refractivity contribution < 1.29 is 4.79 Å². The van der Waals surface area contributed by atoms with Gasteiger partial charge in [0.15, 0.2) is 0 Å². The number of hydrogen-bond donors (Lipinski definition) is 0. The highest BCUT2D eigenvalue weighted by Crippen LogP contribution is 2.29. The van der Waals surface area contributed by atoms with Crippen LogP contribution < -0.4 is 0 Å². The molecule has 0 N–H and O–H groups in total. The van der Waals surface area contributed by atoms with Gasteiger partial charge in [0.25, 0.3) is 0 Å². The van der Waals surface area contributed by atoms with Crippen molar-refractivity contribution in [3.8, 4) is 0 Å². The summed E-state index contributed by atoms with van der Waals surface area (Å²) in [5.74, 6) is 0.196. The largest absolute Gasteiger partial charge is 0.303 e. The van der Waals surface area contributed by atoms with E-state index in [1.807, 2.05) is 6.92 Å². The van der Waals surface area contributed by atoms with Crippen molar-refractivity contribution in [3.05, 3.63) is 0 Å². The summed E-state index contributed by atoms with van der Waals surface area (Å²) >= 11 is 0. The standard InChI is InChI=1S/C11H21NO/c1-10(9-13)8-12-6-4-11(2,3)5-7-12/h9-10H,4-8H2,1-3H3. The van der Waals surface area contributed by atoms with Gasteiger partial charge in [-0.1, -0.05) is 20.8 Å². The zero-order chi connectivity index (χ0) is 9.90. The van der Waals surface area contributed by atoms with E-state index in [0.29, 0.717) is 5.41 Å². The molecule has 1 unspecified atom stereocenters. The lowest BCUT2D eigenvalue weighted by Gasteiger charge is -2.37. The van der Waals surface area contributed by atoms with Gasteiger partial charge < -0.3 is 9.69 Å². The monoisotopic (exact) mass is 183 g/mol. The molecule has 0 aromatic rings. The highest BCUT2D eigenvalue weighted by atomic mass is 16.1. The highest BCUT2D eigenvalue weighted by Gasteiger charge is 2.25. The van der Waals surface area contributed by atoms with Crippen molar-refractivity contribution in [1.82, 2.24) is 4.90 Å². The van der Waals surface area contributed by atoms with Gasteiger partial charge in [-0.05, 0) is 31.3 Å². The first-order chi connectivity index (χ1) is 6.03. The molecular formula is C11H21NO. The number of piperidine rings is 1. The van der Waals surface area contributed by atoms with Gasteiger partial charge >= 0.3 is 0 Å². The first-order valence-electron chi connectivity index (χ1n) is 5.21. The van der Waals surface area contributed by atoms with E-state index in [0.717, 1.165) is 25.9 Å². The number of likely N-dealkylation sites (tertiary alicyclic amines) is 1. The smallest absolute Gasteiger partial charge is 0.124 e. The molecule has 1 saturated heterocycles. The second-order valence-electron chi connectivity index (χ2n) is 5.08. The highest BCUT2D eigenvalue weighted by molar-refractivity contribution is 5.52. The summed E-state index contributed by atoms with van der Waals surface area (Å²) in [7, 11) is 0. The molecule has 1 atom stereocenters. The molecule has 1 fully saturated rings. The zero-order valence-electron chi connectivity index (χ0n) is 9.05. The third kappa shape index (κ3) is 3.47. The Kier molecular flexibility index (Phi) is 3.48. The van der Waals surface area contributed by atoms with E-state index in [4.69, 9.17) is 0 Å². The zero-order valence-corrected chi connectivity index (χ0v) is 9.05. The summed E-state index contributed by atoms with van der Waals surface area (Å²) in [5.41, 5.74) is 0.515. The predicted octanol–water partition coefficient (Wildman–Crippen LogP) is 1.94. The first-order valence-corrected chi connectivity index (χ1v) is 5.21. The molecular weight excluding hydrogens is 162 g/mol. The maximum absolute atomic E-state index is 10.5. The van der Waals surface area contributed by atoms with Crippen LogP contribution in [0.1, 0.15) is 33.6 Å².